The Labute approximate surface area is 263 Å². The van der Waals surface area contributed by atoms with Crippen LogP contribution in [0.5, 0.6) is 11.5 Å². The van der Waals surface area contributed by atoms with E-state index in [1.807, 2.05) is 56.3 Å². The maximum atomic E-state index is 13.1. The Morgan fingerprint density at radius 1 is 0.844 bits per heavy atom. The lowest BCUT2D eigenvalue weighted by molar-refractivity contribution is -0.121. The van der Waals surface area contributed by atoms with Crippen molar-refractivity contribution in [1.29, 1.82) is 0 Å². The van der Waals surface area contributed by atoms with Crippen molar-refractivity contribution in [2.75, 3.05) is 6.61 Å². The van der Waals surface area contributed by atoms with Crippen LogP contribution in [-0.2, 0) is 21.4 Å². The zero-order valence-corrected chi connectivity index (χ0v) is 26.0. The van der Waals surface area contributed by atoms with E-state index in [2.05, 4.69) is 33.4 Å². The van der Waals surface area contributed by atoms with Crippen LogP contribution in [0.15, 0.2) is 125 Å². The largest absolute Gasteiger partial charge is 0.490 e. The van der Waals surface area contributed by atoms with Crippen molar-refractivity contribution in [3.63, 3.8) is 0 Å². The van der Waals surface area contributed by atoms with Crippen molar-refractivity contribution >= 4 is 32.9 Å². The standard InChI is InChI=1S/C36H35N3O5S/c1-3-43-35-22-27(18-21-34(35)44-25-30-14-9-13-28-10-7-8-15-32(28)30)24-37-38-36(40)23-33(29-11-5-4-6-12-29)39-45(41,42)31-19-16-26(2)17-20-31/h4-22,24,33,39H,3,23,25H2,1-2H3,(H,38,40)/b37-24-/t33-/m1/s1. The molecule has 5 aromatic rings. The van der Waals surface area contributed by atoms with Crippen molar-refractivity contribution in [2.45, 2.75) is 37.8 Å². The van der Waals surface area contributed by atoms with Gasteiger partial charge in [-0.25, -0.2) is 18.6 Å². The molecule has 2 N–H and O–H groups in total. The lowest BCUT2D eigenvalue weighted by Crippen LogP contribution is -2.32. The SMILES string of the molecule is CCOc1cc(/C=N\NC(=O)C[C@@H](NS(=O)(=O)c2ccc(C)cc2)c2ccccc2)ccc1OCc1cccc2ccccc12. The summed E-state index contributed by atoms with van der Waals surface area (Å²) < 4.78 is 40.9. The molecule has 1 amide bonds. The first kappa shape index (κ1) is 31.4. The smallest absolute Gasteiger partial charge is 0.242 e. The number of sulfonamides is 1. The number of aryl methyl sites for hydroxylation is 1. The Balaban J connectivity index is 1.24. The van der Waals surface area contributed by atoms with Gasteiger partial charge < -0.3 is 9.47 Å². The second-order valence-electron chi connectivity index (χ2n) is 10.5. The predicted molar refractivity (Wildman–Crippen MR) is 177 cm³/mol. The molecule has 0 heterocycles. The number of hydrazone groups is 1. The van der Waals surface area contributed by atoms with Gasteiger partial charge in [-0.05, 0) is 71.6 Å². The van der Waals surface area contributed by atoms with Crippen LogP contribution in [0.3, 0.4) is 0 Å². The first-order chi connectivity index (χ1) is 21.8. The van der Waals surface area contributed by atoms with Gasteiger partial charge in [-0.2, -0.15) is 5.10 Å². The Kier molecular flexibility index (Phi) is 10.2. The van der Waals surface area contributed by atoms with Gasteiger partial charge in [-0.3, -0.25) is 4.79 Å². The highest BCUT2D eigenvalue weighted by Crippen LogP contribution is 2.30. The van der Waals surface area contributed by atoms with E-state index in [9.17, 15) is 13.2 Å². The Bertz CT molecular complexity index is 1890. The number of hydrogen-bond donors (Lipinski definition) is 2. The van der Waals surface area contributed by atoms with Gasteiger partial charge in [0.2, 0.25) is 15.9 Å². The number of ether oxygens (including phenoxy) is 2. The van der Waals surface area contributed by atoms with E-state index in [1.54, 1.807) is 54.6 Å². The fourth-order valence-electron chi connectivity index (χ4n) is 4.86. The van der Waals surface area contributed by atoms with Gasteiger partial charge >= 0.3 is 0 Å². The molecule has 0 saturated carbocycles. The summed E-state index contributed by atoms with van der Waals surface area (Å²) in [4.78, 5) is 13.0. The van der Waals surface area contributed by atoms with Crippen LogP contribution in [0.2, 0.25) is 0 Å². The zero-order chi connectivity index (χ0) is 31.6. The molecule has 0 spiro atoms. The molecule has 0 aliphatic carbocycles. The van der Waals surface area contributed by atoms with Crippen LogP contribution in [0.4, 0.5) is 0 Å². The molecule has 0 radical (unpaired) electrons. The average molecular weight is 622 g/mol. The number of carbonyl (C=O) groups excluding carboxylic acids is 1. The summed E-state index contributed by atoms with van der Waals surface area (Å²) in [5, 5.41) is 6.40. The second-order valence-corrected chi connectivity index (χ2v) is 12.2. The summed E-state index contributed by atoms with van der Waals surface area (Å²) in [6, 6.07) is 34.4. The Morgan fingerprint density at radius 3 is 2.36 bits per heavy atom. The van der Waals surface area contributed by atoms with Crippen LogP contribution in [0.25, 0.3) is 10.8 Å². The molecule has 0 unspecified atom stereocenters. The molecule has 0 aliphatic heterocycles. The minimum atomic E-state index is -3.88. The highest BCUT2D eigenvalue weighted by atomic mass is 32.2. The predicted octanol–water partition coefficient (Wildman–Crippen LogP) is 6.69. The lowest BCUT2D eigenvalue weighted by Gasteiger charge is -2.18. The van der Waals surface area contributed by atoms with Gasteiger partial charge in [0.1, 0.15) is 6.61 Å². The molecule has 45 heavy (non-hydrogen) atoms. The molecule has 0 aliphatic rings. The van der Waals surface area contributed by atoms with Crippen molar-refractivity contribution in [2.24, 2.45) is 5.10 Å². The van der Waals surface area contributed by atoms with E-state index >= 15 is 0 Å². The first-order valence-corrected chi connectivity index (χ1v) is 16.1. The zero-order valence-electron chi connectivity index (χ0n) is 25.1. The highest BCUT2D eigenvalue weighted by molar-refractivity contribution is 7.89. The molecule has 5 aromatic carbocycles. The third kappa shape index (κ3) is 8.35. The maximum absolute atomic E-state index is 13.1. The summed E-state index contributed by atoms with van der Waals surface area (Å²) in [6.07, 6.45) is 1.35. The number of carbonyl (C=O) groups is 1. The third-order valence-corrected chi connectivity index (χ3v) is 8.64. The number of fused-ring (bicyclic) bond motifs is 1. The number of hydrogen-bond acceptors (Lipinski definition) is 6. The van der Waals surface area contributed by atoms with Crippen molar-refractivity contribution in [1.82, 2.24) is 10.1 Å². The van der Waals surface area contributed by atoms with Crippen LogP contribution < -0.4 is 19.6 Å². The van der Waals surface area contributed by atoms with E-state index in [0.29, 0.717) is 35.8 Å². The molecule has 1 atom stereocenters. The molecule has 9 heteroatoms. The van der Waals surface area contributed by atoms with E-state index < -0.39 is 22.0 Å². The van der Waals surface area contributed by atoms with Gasteiger partial charge in [0.05, 0.1) is 23.8 Å². The van der Waals surface area contributed by atoms with Gasteiger partial charge in [0.25, 0.3) is 0 Å². The van der Waals surface area contributed by atoms with Crippen LogP contribution in [0, 0.1) is 6.92 Å². The highest BCUT2D eigenvalue weighted by Gasteiger charge is 2.23. The van der Waals surface area contributed by atoms with Crippen LogP contribution >= 0.6 is 0 Å². The van der Waals surface area contributed by atoms with Gasteiger partial charge in [-0.1, -0.05) is 90.5 Å². The molecule has 5 rings (SSSR count). The molecule has 8 nitrogen and oxygen atoms in total. The molecular formula is C36H35N3O5S. The molecule has 0 aromatic heterocycles. The summed E-state index contributed by atoms with van der Waals surface area (Å²) in [7, 11) is -3.88. The molecule has 0 bridgehead atoms. The lowest BCUT2D eigenvalue weighted by atomic mass is 10.0. The second kappa shape index (κ2) is 14.7. The van der Waals surface area contributed by atoms with Gasteiger partial charge in [-0.15, -0.1) is 0 Å². The number of nitrogens with one attached hydrogen (secondary N) is 2. The van der Waals surface area contributed by atoms with Gasteiger partial charge in [0.15, 0.2) is 11.5 Å². The maximum Gasteiger partial charge on any atom is 0.242 e. The molecular weight excluding hydrogens is 586 g/mol. The minimum absolute atomic E-state index is 0.127. The van der Waals surface area contributed by atoms with Crippen molar-refractivity contribution in [3.05, 3.63) is 138 Å². The van der Waals surface area contributed by atoms with E-state index in [-0.39, 0.29) is 11.3 Å². The summed E-state index contributed by atoms with van der Waals surface area (Å²) >= 11 is 0. The number of rotatable bonds is 13. The van der Waals surface area contributed by atoms with Crippen molar-refractivity contribution < 1.29 is 22.7 Å². The van der Waals surface area contributed by atoms with Crippen LogP contribution in [0.1, 0.15) is 41.6 Å². The van der Waals surface area contributed by atoms with E-state index in [0.717, 1.165) is 21.9 Å². The summed E-state index contributed by atoms with van der Waals surface area (Å²) in [5.41, 5.74) is 5.88. The third-order valence-electron chi connectivity index (χ3n) is 7.15. The summed E-state index contributed by atoms with van der Waals surface area (Å²) in [6.45, 7) is 4.60. The number of nitrogens with zero attached hydrogens (tertiary/aromatic N) is 1. The number of benzene rings is 5. The first-order valence-electron chi connectivity index (χ1n) is 14.6. The fourth-order valence-corrected chi connectivity index (χ4v) is 6.09. The fraction of sp³-hybridized carbons (Fsp3) is 0.167. The topological polar surface area (TPSA) is 106 Å². The summed E-state index contributed by atoms with van der Waals surface area (Å²) in [5.74, 6) is 0.701. The molecule has 230 valence electrons. The van der Waals surface area contributed by atoms with Crippen LogP contribution in [-0.4, -0.2) is 27.1 Å². The van der Waals surface area contributed by atoms with E-state index in [1.165, 1.54) is 6.21 Å². The van der Waals surface area contributed by atoms with Gasteiger partial charge in [0, 0.05) is 6.42 Å². The molecule has 0 fully saturated rings. The number of amides is 1. The Morgan fingerprint density at radius 2 is 1.58 bits per heavy atom. The minimum Gasteiger partial charge on any atom is -0.490 e. The van der Waals surface area contributed by atoms with Crippen molar-refractivity contribution in [3.8, 4) is 11.5 Å². The quantitative estimate of drug-likeness (QED) is 0.113. The monoisotopic (exact) mass is 621 g/mol. The average Bonchev–Trinajstić information content (AvgIpc) is 3.05. The molecule has 0 saturated heterocycles. The normalized spacial score (nSPS) is 12.2. The Hall–Kier alpha value is -4.99. The van der Waals surface area contributed by atoms with E-state index in [4.69, 9.17) is 9.47 Å².